The first-order valence-electron chi connectivity index (χ1n) is 4.84. The van der Waals surface area contributed by atoms with Gasteiger partial charge in [0, 0.05) is 13.3 Å². The van der Waals surface area contributed by atoms with E-state index >= 15 is 0 Å². The van der Waals surface area contributed by atoms with Crippen molar-refractivity contribution in [1.82, 2.24) is 10.4 Å². The summed E-state index contributed by atoms with van der Waals surface area (Å²) < 4.78 is 10.4. The molecule has 84 valence electrons. The molecule has 0 aromatic carbocycles. The molecule has 1 unspecified atom stereocenters. The van der Waals surface area contributed by atoms with E-state index in [9.17, 15) is 0 Å². The van der Waals surface area contributed by atoms with Crippen LogP contribution < -0.4 is 16.0 Å². The maximum atomic E-state index is 5.42. The number of ether oxygens (including phenoxy) is 2. The highest BCUT2D eigenvalue weighted by Gasteiger charge is 2.10. The molecule has 0 aliphatic carbocycles. The molecule has 0 fully saturated rings. The van der Waals surface area contributed by atoms with Gasteiger partial charge >= 0.3 is 0 Å². The van der Waals surface area contributed by atoms with Gasteiger partial charge in [-0.2, -0.15) is 0 Å². The summed E-state index contributed by atoms with van der Waals surface area (Å²) in [5.41, 5.74) is 3.62. The van der Waals surface area contributed by atoms with Crippen LogP contribution in [0.3, 0.4) is 0 Å². The third-order valence-corrected chi connectivity index (χ3v) is 1.98. The summed E-state index contributed by atoms with van der Waals surface area (Å²) in [6.07, 6.45) is 3.42. The van der Waals surface area contributed by atoms with E-state index in [4.69, 9.17) is 15.3 Å². The van der Waals surface area contributed by atoms with Crippen molar-refractivity contribution in [3.05, 3.63) is 24.0 Å². The molecule has 0 aliphatic heterocycles. The van der Waals surface area contributed by atoms with Crippen LogP contribution in [0.25, 0.3) is 0 Å². The van der Waals surface area contributed by atoms with Crippen molar-refractivity contribution >= 4 is 0 Å². The summed E-state index contributed by atoms with van der Waals surface area (Å²) in [5, 5.41) is 0. The number of nitrogens with zero attached hydrogens (tertiary/aromatic N) is 1. The summed E-state index contributed by atoms with van der Waals surface area (Å²) in [6.45, 7) is 3.05. The minimum atomic E-state index is -0.0668. The first-order chi connectivity index (χ1) is 7.31. The Bertz CT molecular complexity index is 294. The summed E-state index contributed by atoms with van der Waals surface area (Å²) in [4.78, 5) is 4.08. The lowest BCUT2D eigenvalue weighted by atomic mass is 10.1. The second-order valence-electron chi connectivity index (χ2n) is 3.06. The number of methoxy groups -OCH3 is 1. The van der Waals surface area contributed by atoms with E-state index in [1.165, 1.54) is 0 Å². The second kappa shape index (κ2) is 6.34. The quantitative estimate of drug-likeness (QED) is 0.533. The largest absolute Gasteiger partial charge is 0.492 e. The van der Waals surface area contributed by atoms with Crippen LogP contribution in [-0.2, 0) is 4.74 Å². The average Bonchev–Trinajstić information content (AvgIpc) is 2.27. The predicted molar refractivity (Wildman–Crippen MR) is 57.3 cm³/mol. The Morgan fingerprint density at radius 3 is 2.93 bits per heavy atom. The molecule has 1 heterocycles. The van der Waals surface area contributed by atoms with Crippen LogP contribution >= 0.6 is 0 Å². The van der Waals surface area contributed by atoms with E-state index in [0.29, 0.717) is 13.2 Å². The van der Waals surface area contributed by atoms with E-state index < -0.39 is 0 Å². The van der Waals surface area contributed by atoms with Crippen LogP contribution in [0.2, 0.25) is 0 Å². The van der Waals surface area contributed by atoms with Crippen LogP contribution in [0.1, 0.15) is 18.5 Å². The fourth-order valence-electron chi connectivity index (χ4n) is 1.28. The van der Waals surface area contributed by atoms with Gasteiger partial charge in [0.15, 0.2) is 0 Å². The summed E-state index contributed by atoms with van der Waals surface area (Å²) in [5.74, 6) is 6.16. The normalized spacial score (nSPS) is 12.5. The van der Waals surface area contributed by atoms with Gasteiger partial charge in [0.05, 0.1) is 25.5 Å². The number of aromatic nitrogens is 1. The van der Waals surface area contributed by atoms with E-state index in [1.807, 2.05) is 13.0 Å². The van der Waals surface area contributed by atoms with Gasteiger partial charge in [-0.25, -0.2) is 0 Å². The molecule has 0 amide bonds. The lowest BCUT2D eigenvalue weighted by Gasteiger charge is -2.15. The zero-order valence-electron chi connectivity index (χ0n) is 9.06. The summed E-state index contributed by atoms with van der Waals surface area (Å²) >= 11 is 0. The van der Waals surface area contributed by atoms with Gasteiger partial charge in [-0.05, 0) is 18.6 Å². The monoisotopic (exact) mass is 211 g/mol. The van der Waals surface area contributed by atoms with Crippen molar-refractivity contribution in [1.29, 1.82) is 0 Å². The van der Waals surface area contributed by atoms with E-state index in [0.717, 1.165) is 11.3 Å². The Labute approximate surface area is 89.6 Å². The first-order valence-corrected chi connectivity index (χ1v) is 4.84. The zero-order chi connectivity index (χ0) is 11.1. The van der Waals surface area contributed by atoms with Crippen LogP contribution in [0.15, 0.2) is 18.5 Å². The van der Waals surface area contributed by atoms with Gasteiger partial charge in [0.25, 0.3) is 0 Å². The molecule has 0 saturated heterocycles. The minimum Gasteiger partial charge on any atom is -0.492 e. The maximum absolute atomic E-state index is 5.42. The van der Waals surface area contributed by atoms with Crippen molar-refractivity contribution in [2.24, 2.45) is 5.84 Å². The maximum Gasteiger partial charge on any atom is 0.137 e. The van der Waals surface area contributed by atoms with Gasteiger partial charge < -0.3 is 9.47 Å². The molecular weight excluding hydrogens is 194 g/mol. The van der Waals surface area contributed by atoms with Crippen molar-refractivity contribution in [2.75, 3.05) is 20.3 Å². The number of nitrogens with one attached hydrogen (secondary N) is 1. The number of hydrogen-bond acceptors (Lipinski definition) is 5. The number of hydrogen-bond donors (Lipinski definition) is 2. The fourth-order valence-corrected chi connectivity index (χ4v) is 1.28. The lowest BCUT2D eigenvalue weighted by molar-refractivity contribution is 0.167. The Hall–Kier alpha value is -1.17. The number of hydrazine groups is 1. The molecule has 1 atom stereocenters. The summed E-state index contributed by atoms with van der Waals surface area (Å²) in [6, 6.07) is 1.84. The molecule has 0 bridgehead atoms. The zero-order valence-corrected chi connectivity index (χ0v) is 9.06. The number of nitrogens with two attached hydrogens (primary N) is 1. The topological polar surface area (TPSA) is 69.4 Å². The van der Waals surface area contributed by atoms with Gasteiger partial charge in [0.1, 0.15) is 5.75 Å². The molecule has 5 heteroatoms. The van der Waals surface area contributed by atoms with Gasteiger partial charge in [-0.3, -0.25) is 16.3 Å². The van der Waals surface area contributed by atoms with Gasteiger partial charge in [0.2, 0.25) is 0 Å². The highest BCUT2D eigenvalue weighted by Crippen LogP contribution is 2.17. The van der Waals surface area contributed by atoms with Crippen LogP contribution in [-0.4, -0.2) is 25.3 Å². The van der Waals surface area contributed by atoms with Crippen molar-refractivity contribution in [2.45, 2.75) is 13.0 Å². The molecule has 1 rings (SSSR count). The Kier molecular flexibility index (Phi) is 5.03. The third-order valence-electron chi connectivity index (χ3n) is 1.98. The average molecular weight is 211 g/mol. The molecule has 0 saturated carbocycles. The van der Waals surface area contributed by atoms with Crippen molar-refractivity contribution in [3.63, 3.8) is 0 Å². The van der Waals surface area contributed by atoms with E-state index in [1.54, 1.807) is 19.5 Å². The lowest BCUT2D eigenvalue weighted by Crippen LogP contribution is -2.31. The van der Waals surface area contributed by atoms with E-state index in [-0.39, 0.29) is 6.04 Å². The van der Waals surface area contributed by atoms with Gasteiger partial charge in [-0.15, -0.1) is 0 Å². The molecule has 0 spiro atoms. The molecule has 15 heavy (non-hydrogen) atoms. The predicted octanol–water partition coefficient (Wildman–Crippen LogP) is 0.631. The molecular formula is C10H17N3O2. The standard InChI is InChI=1S/C10H17N3O2/c1-3-15-9-4-8(5-12-6-9)10(13-11)7-14-2/h4-6,10,13H,3,7,11H2,1-2H3. The minimum absolute atomic E-state index is 0.0668. The highest BCUT2D eigenvalue weighted by molar-refractivity contribution is 5.26. The molecule has 1 aromatic heterocycles. The Balaban J connectivity index is 2.77. The smallest absolute Gasteiger partial charge is 0.137 e. The Morgan fingerprint density at radius 2 is 2.33 bits per heavy atom. The highest BCUT2D eigenvalue weighted by atomic mass is 16.5. The first kappa shape index (κ1) is 11.9. The van der Waals surface area contributed by atoms with Crippen molar-refractivity contribution < 1.29 is 9.47 Å². The van der Waals surface area contributed by atoms with Crippen LogP contribution in [0.4, 0.5) is 0 Å². The molecule has 5 nitrogen and oxygen atoms in total. The molecule has 0 aliphatic rings. The number of rotatable bonds is 6. The fraction of sp³-hybridized carbons (Fsp3) is 0.500. The Morgan fingerprint density at radius 1 is 1.53 bits per heavy atom. The van der Waals surface area contributed by atoms with E-state index in [2.05, 4.69) is 10.4 Å². The SMILES string of the molecule is CCOc1cncc(C(COC)NN)c1. The van der Waals surface area contributed by atoms with Crippen molar-refractivity contribution in [3.8, 4) is 5.75 Å². The second-order valence-corrected chi connectivity index (χ2v) is 3.06. The van der Waals surface area contributed by atoms with Gasteiger partial charge in [-0.1, -0.05) is 0 Å². The molecule has 1 aromatic rings. The number of pyridine rings is 1. The van der Waals surface area contributed by atoms with Crippen LogP contribution in [0.5, 0.6) is 5.75 Å². The molecule has 0 radical (unpaired) electrons. The van der Waals surface area contributed by atoms with Crippen LogP contribution in [0, 0.1) is 0 Å². The summed E-state index contributed by atoms with van der Waals surface area (Å²) in [7, 11) is 1.63. The third kappa shape index (κ3) is 3.47. The molecule has 3 N–H and O–H groups in total.